The van der Waals surface area contributed by atoms with Crippen LogP contribution in [0.4, 0.5) is 40.3 Å². The number of nitro benzene ring substituents is 1. The molecule has 1 aromatic heterocycles. The number of hydrogen-bond donors (Lipinski definition) is 6. The van der Waals surface area contributed by atoms with Gasteiger partial charge in [-0.2, -0.15) is 40.2 Å². The maximum atomic E-state index is 12.7. The number of nitro groups is 1. The molecule has 0 amide bonds. The number of rotatable bonds is 14. The van der Waals surface area contributed by atoms with Crippen LogP contribution in [0.25, 0.3) is 10.8 Å². The van der Waals surface area contributed by atoms with Crippen LogP contribution in [-0.4, -0.2) is 84.7 Å². The number of phenols is 1. The van der Waals surface area contributed by atoms with Gasteiger partial charge in [0, 0.05) is 22.5 Å². The van der Waals surface area contributed by atoms with E-state index in [1.54, 1.807) is 0 Å². The van der Waals surface area contributed by atoms with Crippen molar-refractivity contribution in [3.05, 3.63) is 82.1 Å². The maximum Gasteiger partial charge on any atom is 0.397 e. The number of phenolic OH excluding ortho intramolecular Hbond substituents is 1. The second kappa shape index (κ2) is 15.3. The SMILES string of the molecule is O=[N+]([O-])c1ccc(N=Nc2ccc(Nc3nc(Cl)nc(Nc4ccc(S(=O)(=O)CCOS(=O)(=O)O)cc4S(=O)(=O)O)n3)c3cc(S(=O)(=O)O)ccc23)c(O)c1. The molecule has 0 fully saturated rings. The Kier molecular flexibility index (Phi) is 11.3. The molecular weight excluding hydrogens is 840 g/mol. The lowest BCUT2D eigenvalue weighted by molar-refractivity contribution is -0.384. The van der Waals surface area contributed by atoms with Crippen LogP contribution in [0.3, 0.4) is 0 Å². The third kappa shape index (κ3) is 10.2. The fourth-order valence-electron chi connectivity index (χ4n) is 4.57. The van der Waals surface area contributed by atoms with Gasteiger partial charge >= 0.3 is 10.4 Å². The number of non-ortho nitro benzene ring substituents is 1. The van der Waals surface area contributed by atoms with E-state index in [2.05, 4.69) is 40.0 Å². The monoisotopic (exact) mass is 860 g/mol. The number of nitrogens with one attached hydrogen (secondary N) is 2. The predicted molar refractivity (Wildman–Crippen MR) is 190 cm³/mol. The highest BCUT2D eigenvalue weighted by Crippen LogP contribution is 2.37. The van der Waals surface area contributed by atoms with E-state index in [-0.39, 0.29) is 33.8 Å². The summed E-state index contributed by atoms with van der Waals surface area (Å²) in [6.07, 6.45) is 0. The predicted octanol–water partition coefficient (Wildman–Crippen LogP) is 4.28. The van der Waals surface area contributed by atoms with Crippen molar-refractivity contribution in [2.24, 2.45) is 10.2 Å². The van der Waals surface area contributed by atoms with Crippen LogP contribution in [0, 0.1) is 10.1 Å². The number of anilines is 4. The van der Waals surface area contributed by atoms with Crippen molar-refractivity contribution in [3.8, 4) is 5.75 Å². The summed E-state index contributed by atoms with van der Waals surface area (Å²) in [4.78, 5) is 19.9. The summed E-state index contributed by atoms with van der Waals surface area (Å²) < 4.78 is 128. The second-order valence-corrected chi connectivity index (χ2v) is 17.0. The molecule has 0 bridgehead atoms. The number of aromatic nitrogens is 3. The third-order valence-corrected chi connectivity index (χ3v) is 11.0. The fraction of sp³-hybridized carbons (Fsp3) is 0.0741. The largest absolute Gasteiger partial charge is 0.505 e. The Bertz CT molecular complexity index is 2860. The summed E-state index contributed by atoms with van der Waals surface area (Å²) in [5.74, 6) is -2.40. The summed E-state index contributed by atoms with van der Waals surface area (Å²) in [5.41, 5.74) is -0.865. The first-order chi connectivity index (χ1) is 25.5. The van der Waals surface area contributed by atoms with E-state index >= 15 is 0 Å². The molecule has 0 saturated heterocycles. The fourth-order valence-corrected chi connectivity index (χ4v) is 7.49. The van der Waals surface area contributed by atoms with Gasteiger partial charge in [0.05, 0.1) is 44.5 Å². The van der Waals surface area contributed by atoms with Gasteiger partial charge in [0.2, 0.25) is 17.2 Å². The Morgan fingerprint density at radius 3 is 1.93 bits per heavy atom. The molecule has 23 nitrogen and oxygen atoms in total. The Hall–Kier alpha value is -5.52. The van der Waals surface area contributed by atoms with Crippen molar-refractivity contribution >= 4 is 103 Å². The average molecular weight is 861 g/mol. The Morgan fingerprint density at radius 2 is 1.33 bits per heavy atom. The van der Waals surface area contributed by atoms with Crippen LogP contribution in [0.5, 0.6) is 5.75 Å². The van der Waals surface area contributed by atoms with Crippen molar-refractivity contribution in [3.63, 3.8) is 0 Å². The molecule has 5 rings (SSSR count). The molecular formula is C27H21ClN8O15S4. The number of halogens is 1. The van der Waals surface area contributed by atoms with Crippen molar-refractivity contribution < 1.29 is 61.5 Å². The quantitative estimate of drug-likeness (QED) is 0.0392. The Labute approximate surface area is 314 Å². The van der Waals surface area contributed by atoms with Crippen LogP contribution >= 0.6 is 11.6 Å². The van der Waals surface area contributed by atoms with Crippen LogP contribution in [0.15, 0.2) is 91.6 Å². The highest BCUT2D eigenvalue weighted by molar-refractivity contribution is 7.91. The van der Waals surface area contributed by atoms with Gasteiger partial charge in [-0.3, -0.25) is 23.8 Å². The lowest BCUT2D eigenvalue weighted by Gasteiger charge is -2.14. The van der Waals surface area contributed by atoms with Gasteiger partial charge in [-0.25, -0.2) is 12.6 Å². The van der Waals surface area contributed by atoms with Crippen molar-refractivity contribution in [2.45, 2.75) is 14.7 Å². The van der Waals surface area contributed by atoms with E-state index in [4.69, 9.17) is 16.2 Å². The van der Waals surface area contributed by atoms with Crippen LogP contribution in [0.1, 0.15) is 0 Å². The van der Waals surface area contributed by atoms with Gasteiger partial charge in [-0.15, -0.1) is 10.2 Å². The third-order valence-electron chi connectivity index (χ3n) is 6.97. The first-order valence-electron chi connectivity index (χ1n) is 14.4. The van der Waals surface area contributed by atoms with E-state index in [1.165, 1.54) is 18.2 Å². The van der Waals surface area contributed by atoms with Gasteiger partial charge in [-0.05, 0) is 60.1 Å². The number of sulfone groups is 1. The minimum atomic E-state index is -5.16. The van der Waals surface area contributed by atoms with Crippen LogP contribution in [-0.2, 0) is 44.7 Å². The number of aromatic hydroxyl groups is 1. The van der Waals surface area contributed by atoms with Crippen LogP contribution in [0.2, 0.25) is 5.28 Å². The van der Waals surface area contributed by atoms with Crippen molar-refractivity contribution in [1.82, 2.24) is 15.0 Å². The second-order valence-electron chi connectivity index (χ2n) is 10.6. The smallest absolute Gasteiger partial charge is 0.397 e. The van der Waals surface area contributed by atoms with E-state index < -0.39 is 101 Å². The molecule has 0 radical (unpaired) electrons. The topological polar surface area (TPSA) is 357 Å². The van der Waals surface area contributed by atoms with Gasteiger partial charge < -0.3 is 15.7 Å². The summed E-state index contributed by atoms with van der Waals surface area (Å²) >= 11 is 6.09. The minimum Gasteiger partial charge on any atom is -0.505 e. The molecule has 28 heteroatoms. The summed E-state index contributed by atoms with van der Waals surface area (Å²) in [5, 5.41) is 34.1. The standard InChI is InChI=1S/C27H21ClN8O15S4/c28-25-31-26(33-27(32-25)30-22-6-3-15(13-24(22)54(45,46)47)52(40,41)10-9-51-55(48,49)50)29-19-7-8-20(17-4-2-16(12-18(17)19)53(42,43)44)34-35-21-5-1-14(36(38)39)11-23(21)37/h1-8,11-13,37H,9-10H2,(H,42,43,44)(H,45,46,47)(H,48,49,50)(H2,29,30,31,32,33). The normalized spacial score (nSPS) is 12.6. The minimum absolute atomic E-state index is 0.0667. The highest BCUT2D eigenvalue weighted by Gasteiger charge is 2.24. The van der Waals surface area contributed by atoms with E-state index in [9.17, 15) is 58.0 Å². The number of fused-ring (bicyclic) bond motifs is 1. The van der Waals surface area contributed by atoms with Gasteiger partial charge in [-0.1, -0.05) is 6.07 Å². The maximum absolute atomic E-state index is 12.7. The van der Waals surface area contributed by atoms with Gasteiger partial charge in [0.1, 0.15) is 16.3 Å². The van der Waals surface area contributed by atoms with Gasteiger partial charge in [0.25, 0.3) is 25.9 Å². The number of benzene rings is 4. The summed E-state index contributed by atoms with van der Waals surface area (Å²) in [6.45, 7) is -1.02. The first kappa shape index (κ1) is 40.7. The molecule has 0 spiro atoms. The van der Waals surface area contributed by atoms with Crippen molar-refractivity contribution in [2.75, 3.05) is 23.0 Å². The molecule has 0 aliphatic heterocycles. The number of hydrogen-bond acceptors (Lipinski definition) is 19. The molecule has 0 aliphatic rings. The van der Waals surface area contributed by atoms with E-state index in [1.807, 2.05) is 0 Å². The molecule has 4 aromatic carbocycles. The van der Waals surface area contributed by atoms with Crippen molar-refractivity contribution in [1.29, 1.82) is 0 Å². The molecule has 0 unspecified atom stereocenters. The zero-order valence-electron chi connectivity index (χ0n) is 26.7. The molecule has 6 N–H and O–H groups in total. The molecule has 0 saturated carbocycles. The lowest BCUT2D eigenvalue weighted by atomic mass is 10.1. The number of nitrogens with zero attached hydrogens (tertiary/aromatic N) is 6. The zero-order valence-corrected chi connectivity index (χ0v) is 30.8. The molecule has 5 aromatic rings. The Balaban J connectivity index is 1.50. The zero-order chi connectivity index (χ0) is 40.5. The van der Waals surface area contributed by atoms with E-state index in [0.717, 1.165) is 42.5 Å². The summed E-state index contributed by atoms with van der Waals surface area (Å²) in [7, 11) is -19.3. The number of azo groups is 1. The molecule has 55 heavy (non-hydrogen) atoms. The lowest BCUT2D eigenvalue weighted by Crippen LogP contribution is -2.16. The highest BCUT2D eigenvalue weighted by atomic mass is 35.5. The Morgan fingerprint density at radius 1 is 0.727 bits per heavy atom. The molecule has 1 heterocycles. The molecule has 290 valence electrons. The van der Waals surface area contributed by atoms with E-state index in [0.29, 0.717) is 6.07 Å². The summed E-state index contributed by atoms with van der Waals surface area (Å²) in [6, 6.07) is 11.5. The first-order valence-corrected chi connectivity index (χ1v) is 20.6. The molecule has 0 atom stereocenters. The van der Waals surface area contributed by atoms with Crippen LogP contribution < -0.4 is 10.6 Å². The van der Waals surface area contributed by atoms with Gasteiger partial charge in [0.15, 0.2) is 9.84 Å². The average Bonchev–Trinajstić information content (AvgIpc) is 3.06. The molecule has 0 aliphatic carbocycles.